The highest BCUT2D eigenvalue weighted by Gasteiger charge is 2.45. The van der Waals surface area contributed by atoms with E-state index in [2.05, 4.69) is 0 Å². The second kappa shape index (κ2) is 10.5. The van der Waals surface area contributed by atoms with Crippen LogP contribution in [0.2, 0.25) is 0 Å². The molecule has 2 aromatic carbocycles. The van der Waals surface area contributed by atoms with Crippen LogP contribution in [0.1, 0.15) is 48.6 Å². The predicted molar refractivity (Wildman–Crippen MR) is 124 cm³/mol. The molecule has 0 unspecified atom stereocenters. The summed E-state index contributed by atoms with van der Waals surface area (Å²) in [6.07, 6.45) is 0.603. The number of ketones is 1. The minimum absolute atomic E-state index is 0.110. The first-order chi connectivity index (χ1) is 15.4. The van der Waals surface area contributed by atoms with Gasteiger partial charge in [-0.2, -0.15) is 0 Å². The first-order valence-corrected chi connectivity index (χ1v) is 11.1. The molecule has 6 nitrogen and oxygen atoms in total. The van der Waals surface area contributed by atoms with E-state index in [-0.39, 0.29) is 11.3 Å². The van der Waals surface area contributed by atoms with E-state index in [0.29, 0.717) is 38.3 Å². The molecule has 1 amide bonds. The largest absolute Gasteiger partial charge is 0.507 e. The monoisotopic (exact) mass is 437 g/mol. The number of likely N-dealkylation sites (tertiary alicyclic amines) is 1. The van der Waals surface area contributed by atoms with Crippen molar-refractivity contribution in [2.75, 3.05) is 26.4 Å². The smallest absolute Gasteiger partial charge is 0.295 e. The van der Waals surface area contributed by atoms with Crippen LogP contribution in [0.3, 0.4) is 0 Å². The van der Waals surface area contributed by atoms with Gasteiger partial charge in [0.1, 0.15) is 11.5 Å². The summed E-state index contributed by atoms with van der Waals surface area (Å²) < 4.78 is 11.0. The third-order valence-electron chi connectivity index (χ3n) is 5.57. The average Bonchev–Trinajstić information content (AvgIpc) is 3.03. The highest BCUT2D eigenvalue weighted by Crippen LogP contribution is 2.40. The summed E-state index contributed by atoms with van der Waals surface area (Å²) in [5.41, 5.74) is 3.29. The SMILES string of the molecule is CCOCCCN1C(=O)C(=O)C(=C(O)c2ccc(OCC)c(C)c2)[C@@H]1c1ccc(C)cc1. The summed E-state index contributed by atoms with van der Waals surface area (Å²) in [5, 5.41) is 11.2. The van der Waals surface area contributed by atoms with Crippen molar-refractivity contribution in [1.29, 1.82) is 0 Å². The number of Topliss-reactive ketones (excluding diaryl/α,β-unsaturated/α-hetero) is 1. The number of aliphatic hydroxyl groups is 1. The number of ether oxygens (including phenoxy) is 2. The fourth-order valence-electron chi connectivity index (χ4n) is 3.96. The van der Waals surface area contributed by atoms with Crippen LogP contribution in [0.5, 0.6) is 5.75 Å². The Labute approximate surface area is 189 Å². The number of carbonyl (C=O) groups is 2. The zero-order valence-corrected chi connectivity index (χ0v) is 19.2. The molecule has 1 N–H and O–H groups in total. The minimum atomic E-state index is -0.670. The van der Waals surface area contributed by atoms with Crippen molar-refractivity contribution < 1.29 is 24.2 Å². The van der Waals surface area contributed by atoms with E-state index < -0.39 is 17.7 Å². The molecule has 0 aromatic heterocycles. The van der Waals surface area contributed by atoms with E-state index in [1.54, 1.807) is 23.1 Å². The molecule has 6 heteroatoms. The van der Waals surface area contributed by atoms with E-state index in [4.69, 9.17) is 9.47 Å². The Kier molecular flexibility index (Phi) is 7.70. The number of benzene rings is 2. The Morgan fingerprint density at radius 1 is 1.03 bits per heavy atom. The fourth-order valence-corrected chi connectivity index (χ4v) is 3.96. The number of rotatable bonds is 9. The second-order valence-electron chi connectivity index (χ2n) is 7.87. The molecule has 0 radical (unpaired) electrons. The average molecular weight is 438 g/mol. The van der Waals surface area contributed by atoms with Crippen LogP contribution in [-0.4, -0.2) is 48.1 Å². The fraction of sp³-hybridized carbons (Fsp3) is 0.385. The Bertz CT molecular complexity index is 1010. The number of hydrogen-bond acceptors (Lipinski definition) is 5. The van der Waals surface area contributed by atoms with Crippen LogP contribution in [0.4, 0.5) is 0 Å². The number of nitrogens with zero attached hydrogens (tertiary/aromatic N) is 1. The van der Waals surface area contributed by atoms with Crippen LogP contribution < -0.4 is 4.74 Å². The van der Waals surface area contributed by atoms with Crippen molar-refractivity contribution >= 4 is 17.4 Å². The van der Waals surface area contributed by atoms with Crippen molar-refractivity contribution in [3.05, 3.63) is 70.3 Å². The van der Waals surface area contributed by atoms with Crippen LogP contribution in [0.15, 0.2) is 48.0 Å². The summed E-state index contributed by atoms with van der Waals surface area (Å²) in [5.74, 6) is -0.727. The molecular weight excluding hydrogens is 406 g/mol. The van der Waals surface area contributed by atoms with Gasteiger partial charge in [-0.15, -0.1) is 0 Å². The molecule has 0 aliphatic carbocycles. The van der Waals surface area contributed by atoms with Crippen molar-refractivity contribution in [2.24, 2.45) is 0 Å². The molecule has 1 aliphatic heterocycles. The zero-order chi connectivity index (χ0) is 23.3. The molecule has 1 aliphatic rings. The third-order valence-corrected chi connectivity index (χ3v) is 5.57. The molecular formula is C26H31NO5. The quantitative estimate of drug-likeness (QED) is 0.270. The molecule has 1 fully saturated rings. The van der Waals surface area contributed by atoms with Crippen LogP contribution in [0, 0.1) is 13.8 Å². The molecule has 3 rings (SSSR count). The van der Waals surface area contributed by atoms with Gasteiger partial charge < -0.3 is 19.5 Å². The number of carbonyl (C=O) groups excluding carboxylic acids is 2. The summed E-state index contributed by atoms with van der Waals surface area (Å²) in [4.78, 5) is 27.5. The van der Waals surface area contributed by atoms with Gasteiger partial charge in [-0.25, -0.2) is 0 Å². The summed E-state index contributed by atoms with van der Waals surface area (Å²) in [6.45, 7) is 9.67. The van der Waals surface area contributed by atoms with Gasteiger partial charge in [-0.3, -0.25) is 9.59 Å². The topological polar surface area (TPSA) is 76.1 Å². The Morgan fingerprint density at radius 2 is 1.75 bits per heavy atom. The third kappa shape index (κ3) is 4.86. The normalized spacial score (nSPS) is 17.8. The van der Waals surface area contributed by atoms with Crippen LogP contribution in [0.25, 0.3) is 5.76 Å². The molecule has 1 saturated heterocycles. The molecule has 1 atom stereocenters. The first kappa shape index (κ1) is 23.5. The molecule has 0 bridgehead atoms. The Hall–Kier alpha value is -3.12. The maximum atomic E-state index is 13.1. The van der Waals surface area contributed by atoms with Crippen molar-refractivity contribution in [3.8, 4) is 5.75 Å². The lowest BCUT2D eigenvalue weighted by atomic mass is 9.94. The molecule has 0 saturated carbocycles. The number of aliphatic hydroxyl groups excluding tert-OH is 1. The van der Waals surface area contributed by atoms with Gasteiger partial charge in [-0.1, -0.05) is 29.8 Å². The number of aryl methyl sites for hydroxylation is 2. The van der Waals surface area contributed by atoms with E-state index in [9.17, 15) is 14.7 Å². The predicted octanol–water partition coefficient (Wildman–Crippen LogP) is 4.55. The van der Waals surface area contributed by atoms with E-state index in [1.165, 1.54) is 0 Å². The van der Waals surface area contributed by atoms with E-state index in [0.717, 1.165) is 22.4 Å². The lowest BCUT2D eigenvalue weighted by Gasteiger charge is -2.25. The molecule has 1 heterocycles. The maximum absolute atomic E-state index is 13.1. The van der Waals surface area contributed by atoms with E-state index >= 15 is 0 Å². The highest BCUT2D eigenvalue weighted by molar-refractivity contribution is 6.46. The lowest BCUT2D eigenvalue weighted by Crippen LogP contribution is -2.31. The second-order valence-corrected chi connectivity index (χ2v) is 7.87. The van der Waals surface area contributed by atoms with Gasteiger partial charge in [0.05, 0.1) is 18.2 Å². The van der Waals surface area contributed by atoms with Gasteiger partial charge >= 0.3 is 0 Å². The van der Waals surface area contributed by atoms with Gasteiger partial charge in [0, 0.05) is 25.3 Å². The van der Waals surface area contributed by atoms with Gasteiger partial charge in [0.15, 0.2) is 0 Å². The van der Waals surface area contributed by atoms with Gasteiger partial charge in [-0.05, 0) is 63.4 Å². The maximum Gasteiger partial charge on any atom is 0.295 e. The molecule has 170 valence electrons. The van der Waals surface area contributed by atoms with Gasteiger partial charge in [0.25, 0.3) is 11.7 Å². The van der Waals surface area contributed by atoms with Crippen molar-refractivity contribution in [2.45, 2.75) is 40.2 Å². The first-order valence-electron chi connectivity index (χ1n) is 11.1. The minimum Gasteiger partial charge on any atom is -0.507 e. The standard InChI is InChI=1S/C26H31NO5/c1-5-31-15-7-14-27-23(19-10-8-17(3)9-11-19)22(25(29)26(27)30)24(28)20-12-13-21(32-6-2)18(4)16-20/h8-13,16,23,28H,5-7,14-15H2,1-4H3/t23-/m0/s1. The van der Waals surface area contributed by atoms with Crippen LogP contribution in [-0.2, 0) is 14.3 Å². The summed E-state index contributed by atoms with van der Waals surface area (Å²) in [6, 6.07) is 12.3. The van der Waals surface area contributed by atoms with E-state index in [1.807, 2.05) is 52.0 Å². The summed E-state index contributed by atoms with van der Waals surface area (Å²) in [7, 11) is 0. The number of amides is 1. The number of hydrogen-bond donors (Lipinski definition) is 1. The van der Waals surface area contributed by atoms with Gasteiger partial charge in [0.2, 0.25) is 0 Å². The highest BCUT2D eigenvalue weighted by atomic mass is 16.5. The Morgan fingerprint density at radius 3 is 2.38 bits per heavy atom. The summed E-state index contributed by atoms with van der Waals surface area (Å²) >= 11 is 0. The zero-order valence-electron chi connectivity index (χ0n) is 19.2. The molecule has 0 spiro atoms. The molecule has 32 heavy (non-hydrogen) atoms. The molecule has 2 aromatic rings. The van der Waals surface area contributed by atoms with Crippen molar-refractivity contribution in [1.82, 2.24) is 4.90 Å². The van der Waals surface area contributed by atoms with Crippen molar-refractivity contribution in [3.63, 3.8) is 0 Å². The van der Waals surface area contributed by atoms with Crippen LogP contribution >= 0.6 is 0 Å². The lowest BCUT2D eigenvalue weighted by molar-refractivity contribution is -0.140. The Balaban J connectivity index is 2.06.